The average molecular weight is 306 g/mol. The van der Waals surface area contributed by atoms with Crippen molar-refractivity contribution < 1.29 is 9.53 Å². The van der Waals surface area contributed by atoms with Crippen molar-refractivity contribution in [3.8, 4) is 0 Å². The number of hydrogen-bond acceptors (Lipinski definition) is 5. The summed E-state index contributed by atoms with van der Waals surface area (Å²) in [6, 6.07) is 0.510. The van der Waals surface area contributed by atoms with Gasteiger partial charge in [-0.25, -0.2) is 9.78 Å². The SMILES string of the molecule is CCCN1CC(C(=O)OCC)=C[C@H]2Cc3ncsc3C[C@@H]21. The number of ether oxygens (including phenoxy) is 1. The maximum atomic E-state index is 12.1. The van der Waals surface area contributed by atoms with Crippen molar-refractivity contribution in [3.63, 3.8) is 0 Å². The van der Waals surface area contributed by atoms with E-state index < -0.39 is 0 Å². The largest absolute Gasteiger partial charge is 0.463 e. The summed E-state index contributed by atoms with van der Waals surface area (Å²) in [5.74, 6) is 0.237. The topological polar surface area (TPSA) is 42.4 Å². The van der Waals surface area contributed by atoms with Crippen LogP contribution < -0.4 is 0 Å². The van der Waals surface area contributed by atoms with Crippen molar-refractivity contribution in [1.29, 1.82) is 0 Å². The summed E-state index contributed by atoms with van der Waals surface area (Å²) in [6.45, 7) is 6.25. The lowest BCUT2D eigenvalue weighted by atomic mass is 9.81. The van der Waals surface area contributed by atoms with Crippen LogP contribution in [0.15, 0.2) is 17.2 Å². The fraction of sp³-hybridized carbons (Fsp3) is 0.625. The Morgan fingerprint density at radius 2 is 2.33 bits per heavy atom. The van der Waals surface area contributed by atoms with Gasteiger partial charge >= 0.3 is 5.97 Å². The maximum Gasteiger partial charge on any atom is 0.335 e. The lowest BCUT2D eigenvalue weighted by Crippen LogP contribution is -2.49. The lowest BCUT2D eigenvalue weighted by Gasteiger charge is -2.42. The molecule has 114 valence electrons. The van der Waals surface area contributed by atoms with E-state index in [-0.39, 0.29) is 5.97 Å². The van der Waals surface area contributed by atoms with Crippen molar-refractivity contribution in [2.24, 2.45) is 5.92 Å². The Hall–Kier alpha value is -1.20. The zero-order valence-corrected chi connectivity index (χ0v) is 13.5. The number of esters is 1. The van der Waals surface area contributed by atoms with Crippen LogP contribution in [0.3, 0.4) is 0 Å². The van der Waals surface area contributed by atoms with Gasteiger partial charge in [0.1, 0.15) is 0 Å². The molecule has 0 aromatic carbocycles. The van der Waals surface area contributed by atoms with Crippen molar-refractivity contribution in [2.45, 2.75) is 39.2 Å². The number of thiazole rings is 1. The van der Waals surface area contributed by atoms with Crippen molar-refractivity contribution in [3.05, 3.63) is 27.7 Å². The van der Waals surface area contributed by atoms with Crippen LogP contribution in [0.4, 0.5) is 0 Å². The number of carbonyl (C=O) groups is 1. The highest BCUT2D eigenvalue weighted by atomic mass is 32.1. The fourth-order valence-electron chi connectivity index (χ4n) is 3.43. The molecule has 0 amide bonds. The summed E-state index contributed by atoms with van der Waals surface area (Å²) in [4.78, 5) is 20.4. The van der Waals surface area contributed by atoms with E-state index in [1.165, 1.54) is 10.6 Å². The van der Waals surface area contributed by atoms with Crippen LogP contribution >= 0.6 is 11.3 Å². The van der Waals surface area contributed by atoms with Crippen LogP contribution in [0, 0.1) is 5.92 Å². The van der Waals surface area contributed by atoms with Gasteiger partial charge in [0.15, 0.2) is 0 Å². The second-order valence-electron chi connectivity index (χ2n) is 5.74. The quantitative estimate of drug-likeness (QED) is 0.801. The third kappa shape index (κ3) is 2.90. The molecule has 21 heavy (non-hydrogen) atoms. The normalized spacial score (nSPS) is 25.0. The molecule has 0 fully saturated rings. The monoisotopic (exact) mass is 306 g/mol. The average Bonchev–Trinajstić information content (AvgIpc) is 2.92. The zero-order chi connectivity index (χ0) is 14.8. The second kappa shape index (κ2) is 6.28. The van der Waals surface area contributed by atoms with Gasteiger partial charge in [-0.2, -0.15) is 0 Å². The van der Waals surface area contributed by atoms with Crippen LogP contribution in [-0.2, 0) is 22.4 Å². The van der Waals surface area contributed by atoms with E-state index in [0.29, 0.717) is 18.6 Å². The second-order valence-corrected chi connectivity index (χ2v) is 6.68. The molecule has 2 atom stereocenters. The third-order valence-corrected chi connectivity index (χ3v) is 5.25. The molecule has 5 heteroatoms. The van der Waals surface area contributed by atoms with E-state index >= 15 is 0 Å². The molecule has 2 aliphatic rings. The van der Waals surface area contributed by atoms with Crippen molar-refractivity contribution in [1.82, 2.24) is 9.88 Å². The molecule has 1 aliphatic heterocycles. The minimum absolute atomic E-state index is 0.152. The summed E-state index contributed by atoms with van der Waals surface area (Å²) >= 11 is 1.77. The Balaban J connectivity index is 1.87. The highest BCUT2D eigenvalue weighted by Gasteiger charge is 2.37. The highest BCUT2D eigenvalue weighted by molar-refractivity contribution is 7.09. The lowest BCUT2D eigenvalue weighted by molar-refractivity contribution is -0.139. The van der Waals surface area contributed by atoms with Gasteiger partial charge in [0, 0.05) is 23.0 Å². The maximum absolute atomic E-state index is 12.1. The summed E-state index contributed by atoms with van der Waals surface area (Å²) in [5, 5.41) is 0. The molecule has 0 saturated carbocycles. The molecule has 0 unspecified atom stereocenters. The van der Waals surface area contributed by atoms with Gasteiger partial charge in [-0.15, -0.1) is 11.3 Å². The smallest absolute Gasteiger partial charge is 0.335 e. The van der Waals surface area contributed by atoms with Gasteiger partial charge in [0.05, 0.1) is 17.8 Å². The van der Waals surface area contributed by atoms with E-state index in [1.807, 2.05) is 12.4 Å². The van der Waals surface area contributed by atoms with Gasteiger partial charge in [-0.3, -0.25) is 4.90 Å². The molecular formula is C16H22N2O2S. The molecule has 4 nitrogen and oxygen atoms in total. The van der Waals surface area contributed by atoms with Crippen LogP contribution in [0.2, 0.25) is 0 Å². The molecule has 1 aliphatic carbocycles. The van der Waals surface area contributed by atoms with Crippen molar-refractivity contribution in [2.75, 3.05) is 19.7 Å². The first-order valence-electron chi connectivity index (χ1n) is 7.76. The predicted molar refractivity (Wildman–Crippen MR) is 83.4 cm³/mol. The van der Waals surface area contributed by atoms with E-state index in [1.54, 1.807) is 11.3 Å². The first-order valence-corrected chi connectivity index (χ1v) is 8.64. The molecule has 0 spiro atoms. The Morgan fingerprint density at radius 3 is 3.10 bits per heavy atom. The van der Waals surface area contributed by atoms with E-state index in [9.17, 15) is 4.79 Å². The molecule has 1 aromatic heterocycles. The number of fused-ring (bicyclic) bond motifs is 2. The van der Waals surface area contributed by atoms with Gasteiger partial charge in [0.25, 0.3) is 0 Å². The van der Waals surface area contributed by atoms with Crippen LogP contribution in [0.1, 0.15) is 30.8 Å². The molecule has 1 aromatic rings. The highest BCUT2D eigenvalue weighted by Crippen LogP contribution is 2.35. The van der Waals surface area contributed by atoms with Gasteiger partial charge in [-0.1, -0.05) is 13.0 Å². The molecule has 3 rings (SSSR count). The molecule has 0 radical (unpaired) electrons. The Kier molecular flexibility index (Phi) is 4.40. The summed E-state index contributed by atoms with van der Waals surface area (Å²) in [5.41, 5.74) is 3.99. The van der Waals surface area contributed by atoms with Gasteiger partial charge in [0.2, 0.25) is 0 Å². The first kappa shape index (κ1) is 14.7. The third-order valence-electron chi connectivity index (χ3n) is 4.35. The van der Waals surface area contributed by atoms with E-state index in [4.69, 9.17) is 4.74 Å². The Bertz CT molecular complexity index is 552. The molecule has 2 heterocycles. The standard InChI is InChI=1S/C16H22N2O2S/c1-3-5-18-9-12(16(19)20-4-2)6-11-7-13-15(8-14(11)18)21-10-17-13/h6,10-11,14H,3-5,7-9H2,1-2H3/t11-,14-/m0/s1. The molecule has 0 saturated heterocycles. The van der Waals surface area contributed by atoms with Crippen LogP contribution in [-0.4, -0.2) is 41.6 Å². The minimum atomic E-state index is -0.152. The Morgan fingerprint density at radius 1 is 1.48 bits per heavy atom. The molecule has 0 N–H and O–H groups in total. The number of hydrogen-bond donors (Lipinski definition) is 0. The number of carbonyl (C=O) groups excluding carboxylic acids is 1. The van der Waals surface area contributed by atoms with Crippen LogP contribution in [0.25, 0.3) is 0 Å². The van der Waals surface area contributed by atoms with E-state index in [2.05, 4.69) is 22.9 Å². The summed E-state index contributed by atoms with van der Waals surface area (Å²) < 4.78 is 5.19. The van der Waals surface area contributed by atoms with Crippen LogP contribution in [0.5, 0.6) is 0 Å². The summed E-state index contributed by atoms with van der Waals surface area (Å²) in [6.07, 6.45) is 5.27. The number of rotatable bonds is 4. The van der Waals surface area contributed by atoms with Crippen molar-refractivity contribution >= 4 is 17.3 Å². The number of nitrogens with zero attached hydrogens (tertiary/aromatic N) is 2. The van der Waals surface area contributed by atoms with E-state index in [0.717, 1.165) is 37.9 Å². The van der Waals surface area contributed by atoms with Gasteiger partial charge in [-0.05, 0) is 38.6 Å². The fourth-order valence-corrected chi connectivity index (χ4v) is 4.28. The summed E-state index contributed by atoms with van der Waals surface area (Å²) in [7, 11) is 0. The number of aromatic nitrogens is 1. The Labute approximate surface area is 129 Å². The molecule has 0 bridgehead atoms. The molecular weight excluding hydrogens is 284 g/mol. The minimum Gasteiger partial charge on any atom is -0.463 e. The zero-order valence-electron chi connectivity index (χ0n) is 12.7. The van der Waals surface area contributed by atoms with Gasteiger partial charge < -0.3 is 4.74 Å². The first-order chi connectivity index (χ1) is 10.2. The predicted octanol–water partition coefficient (Wildman–Crippen LogP) is 2.44.